The molecule has 0 saturated carbocycles. The third kappa shape index (κ3) is 4.62. The van der Waals surface area contributed by atoms with E-state index < -0.39 is 20.0 Å². The molecule has 1 unspecified atom stereocenters. The van der Waals surface area contributed by atoms with E-state index in [4.69, 9.17) is 20.9 Å². The number of hydrogen-bond acceptors (Lipinski definition) is 9. The molecule has 2 aromatic heterocycles. The Hall–Kier alpha value is -1.78. The summed E-state index contributed by atoms with van der Waals surface area (Å²) in [6.45, 7) is 2.81. The lowest BCUT2D eigenvalue weighted by atomic mass is 10.3. The zero-order valence-corrected chi connectivity index (χ0v) is 14.3. The topological polar surface area (TPSA) is 161 Å². The van der Waals surface area contributed by atoms with Gasteiger partial charge >= 0.3 is 7.60 Å². The number of fused-ring (bicyclic) bond motifs is 1. The highest BCUT2D eigenvalue weighted by atomic mass is 31.2. The van der Waals surface area contributed by atoms with Gasteiger partial charge in [0, 0.05) is 13.7 Å². The van der Waals surface area contributed by atoms with Gasteiger partial charge in [-0.1, -0.05) is 0 Å². The predicted molar refractivity (Wildman–Crippen MR) is 87.2 cm³/mol. The SMILES string of the molecule is CCOC[C@H](Cn1cnc2c(N)nc(N)nc21)OCP(=O)(O)OC. The Morgan fingerprint density at radius 1 is 1.42 bits per heavy atom. The van der Waals surface area contributed by atoms with Gasteiger partial charge in [0.25, 0.3) is 0 Å². The molecule has 2 aromatic rings. The Morgan fingerprint density at radius 3 is 2.83 bits per heavy atom. The van der Waals surface area contributed by atoms with Crippen molar-refractivity contribution in [1.82, 2.24) is 19.5 Å². The molecular formula is C12H21N6O5P. The molecule has 0 spiro atoms. The van der Waals surface area contributed by atoms with Crippen LogP contribution in [0.5, 0.6) is 0 Å². The summed E-state index contributed by atoms with van der Waals surface area (Å²) < 4.78 is 28.5. The van der Waals surface area contributed by atoms with Crippen LogP contribution in [0, 0.1) is 0 Å². The van der Waals surface area contributed by atoms with Crippen LogP contribution in [0.4, 0.5) is 11.8 Å². The van der Waals surface area contributed by atoms with E-state index in [9.17, 15) is 9.46 Å². The van der Waals surface area contributed by atoms with E-state index in [-0.39, 0.29) is 24.9 Å². The highest BCUT2D eigenvalue weighted by Gasteiger charge is 2.22. The van der Waals surface area contributed by atoms with E-state index in [2.05, 4.69) is 19.5 Å². The minimum atomic E-state index is -3.78. The zero-order chi connectivity index (χ0) is 17.7. The van der Waals surface area contributed by atoms with Crippen molar-refractivity contribution < 1.29 is 23.5 Å². The molecule has 0 aliphatic carbocycles. The fraction of sp³-hybridized carbons (Fsp3) is 0.583. The molecule has 24 heavy (non-hydrogen) atoms. The van der Waals surface area contributed by atoms with Gasteiger partial charge in [-0.15, -0.1) is 0 Å². The predicted octanol–water partition coefficient (Wildman–Crippen LogP) is 0.202. The largest absolute Gasteiger partial charge is 0.382 e. The quantitative estimate of drug-likeness (QED) is 0.527. The number of anilines is 2. The fourth-order valence-corrected chi connectivity index (χ4v) is 2.50. The molecular weight excluding hydrogens is 339 g/mol. The van der Waals surface area contributed by atoms with Gasteiger partial charge in [0.05, 0.1) is 25.6 Å². The van der Waals surface area contributed by atoms with Gasteiger partial charge in [0.2, 0.25) is 5.95 Å². The number of imidazole rings is 1. The van der Waals surface area contributed by atoms with Crippen LogP contribution in [-0.2, 0) is 25.1 Å². The maximum Gasteiger partial charge on any atom is 0.353 e. The van der Waals surface area contributed by atoms with Crippen LogP contribution < -0.4 is 11.5 Å². The molecule has 2 rings (SSSR count). The molecule has 5 N–H and O–H groups in total. The standard InChI is InChI=1S/C12H21N6O5P/c1-3-22-5-8(23-7-24(19,20)21-2)4-18-6-15-9-10(13)16-12(14)17-11(9)18/h6,8H,3-5,7H2,1-2H3,(H,19,20)(H4,13,14,16,17)/t8-/m0/s1. The lowest BCUT2D eigenvalue weighted by Gasteiger charge is -2.19. The van der Waals surface area contributed by atoms with Gasteiger partial charge in [-0.2, -0.15) is 9.97 Å². The van der Waals surface area contributed by atoms with Gasteiger partial charge < -0.3 is 34.9 Å². The van der Waals surface area contributed by atoms with E-state index in [1.54, 1.807) is 4.57 Å². The highest BCUT2D eigenvalue weighted by molar-refractivity contribution is 7.52. The Labute approximate surface area is 138 Å². The van der Waals surface area contributed by atoms with Crippen molar-refractivity contribution in [3.05, 3.63) is 6.33 Å². The molecule has 2 heterocycles. The van der Waals surface area contributed by atoms with Gasteiger partial charge in [-0.25, -0.2) is 4.98 Å². The van der Waals surface area contributed by atoms with Crippen molar-refractivity contribution in [3.8, 4) is 0 Å². The summed E-state index contributed by atoms with van der Waals surface area (Å²) in [7, 11) is -2.64. The Bertz CT molecular complexity index is 738. The zero-order valence-electron chi connectivity index (χ0n) is 13.5. The van der Waals surface area contributed by atoms with Crippen molar-refractivity contribution in [1.29, 1.82) is 0 Å². The van der Waals surface area contributed by atoms with Crippen molar-refractivity contribution in [3.63, 3.8) is 0 Å². The Kier molecular flexibility index (Phi) is 6.08. The molecule has 0 aliphatic rings. The fourth-order valence-electron chi connectivity index (χ4n) is 1.99. The van der Waals surface area contributed by atoms with Crippen LogP contribution in [-0.4, -0.2) is 57.2 Å². The number of nitrogens with two attached hydrogens (primary N) is 2. The molecule has 12 heteroatoms. The molecule has 0 amide bonds. The van der Waals surface area contributed by atoms with Gasteiger partial charge in [-0.05, 0) is 6.92 Å². The summed E-state index contributed by atoms with van der Waals surface area (Å²) in [4.78, 5) is 21.6. The first kappa shape index (κ1) is 18.6. The number of nitrogen functional groups attached to an aromatic ring is 2. The second-order valence-corrected chi connectivity index (χ2v) is 6.83. The molecule has 0 saturated heterocycles. The third-order valence-electron chi connectivity index (χ3n) is 3.18. The molecule has 0 aromatic carbocycles. The van der Waals surface area contributed by atoms with Crippen molar-refractivity contribution in [2.24, 2.45) is 0 Å². The first-order valence-corrected chi connectivity index (χ1v) is 8.93. The van der Waals surface area contributed by atoms with Crippen LogP contribution in [0.25, 0.3) is 11.2 Å². The summed E-state index contributed by atoms with van der Waals surface area (Å²) in [5.41, 5.74) is 12.2. The van der Waals surface area contributed by atoms with Crippen LogP contribution in [0.3, 0.4) is 0 Å². The second-order valence-electron chi connectivity index (χ2n) is 4.93. The molecule has 11 nitrogen and oxygen atoms in total. The van der Waals surface area contributed by atoms with Crippen molar-refractivity contribution in [2.75, 3.05) is 38.1 Å². The smallest absolute Gasteiger partial charge is 0.353 e. The molecule has 2 atom stereocenters. The van der Waals surface area contributed by atoms with E-state index in [0.717, 1.165) is 7.11 Å². The van der Waals surface area contributed by atoms with Gasteiger partial charge in [-0.3, -0.25) is 4.57 Å². The number of ether oxygens (including phenoxy) is 2. The minimum absolute atomic E-state index is 0.0308. The maximum absolute atomic E-state index is 11.6. The van der Waals surface area contributed by atoms with E-state index >= 15 is 0 Å². The number of aromatic nitrogens is 4. The summed E-state index contributed by atoms with van der Waals surface area (Å²) >= 11 is 0. The first-order valence-electron chi connectivity index (χ1n) is 7.17. The second kappa shape index (κ2) is 7.86. The summed E-state index contributed by atoms with van der Waals surface area (Å²) in [6, 6.07) is 0. The Balaban J connectivity index is 2.18. The van der Waals surface area contributed by atoms with Crippen molar-refractivity contribution in [2.45, 2.75) is 19.6 Å². The maximum atomic E-state index is 11.6. The average Bonchev–Trinajstić information content (AvgIpc) is 2.93. The summed E-state index contributed by atoms with van der Waals surface area (Å²) in [6.07, 6.45) is 0.551. The van der Waals surface area contributed by atoms with E-state index in [1.165, 1.54) is 6.33 Å². The third-order valence-corrected chi connectivity index (χ3v) is 4.22. The van der Waals surface area contributed by atoms with Crippen LogP contribution in [0.1, 0.15) is 6.92 Å². The van der Waals surface area contributed by atoms with Crippen LogP contribution in [0.15, 0.2) is 6.33 Å². The molecule has 0 radical (unpaired) electrons. The van der Waals surface area contributed by atoms with E-state index in [1.807, 2.05) is 6.92 Å². The van der Waals surface area contributed by atoms with E-state index in [0.29, 0.717) is 17.8 Å². The number of rotatable bonds is 9. The molecule has 0 aliphatic heterocycles. The number of hydrogen-bond donors (Lipinski definition) is 3. The first-order chi connectivity index (χ1) is 11.4. The monoisotopic (exact) mass is 360 g/mol. The lowest BCUT2D eigenvalue weighted by molar-refractivity contribution is -0.00893. The molecule has 134 valence electrons. The Morgan fingerprint density at radius 2 is 2.17 bits per heavy atom. The summed E-state index contributed by atoms with van der Waals surface area (Å²) in [5, 5.41) is 0. The summed E-state index contributed by atoms with van der Waals surface area (Å²) in [5.74, 6) is 0.209. The highest BCUT2D eigenvalue weighted by Crippen LogP contribution is 2.40. The van der Waals surface area contributed by atoms with Gasteiger partial charge in [0.1, 0.15) is 11.9 Å². The average molecular weight is 360 g/mol. The molecule has 0 fully saturated rings. The van der Waals surface area contributed by atoms with Gasteiger partial charge in [0.15, 0.2) is 11.5 Å². The minimum Gasteiger partial charge on any atom is -0.382 e. The number of nitrogens with zero attached hydrogens (tertiary/aromatic N) is 4. The normalized spacial score (nSPS) is 15.5. The lowest BCUT2D eigenvalue weighted by Crippen LogP contribution is -2.26. The van der Waals surface area contributed by atoms with Crippen LogP contribution in [0.2, 0.25) is 0 Å². The van der Waals surface area contributed by atoms with Crippen molar-refractivity contribution >= 4 is 30.5 Å². The molecule has 0 bridgehead atoms. The van der Waals surface area contributed by atoms with Crippen LogP contribution >= 0.6 is 7.60 Å².